The Morgan fingerprint density at radius 1 is 1.09 bits per heavy atom. The Hall–Kier alpha value is -2.23. The van der Waals surface area contributed by atoms with Gasteiger partial charge in [0, 0.05) is 31.4 Å². The fourth-order valence-corrected chi connectivity index (χ4v) is 7.04. The summed E-state index contributed by atoms with van der Waals surface area (Å²) in [5.74, 6) is 2.21. The number of nitriles is 1. The van der Waals surface area contributed by atoms with Crippen LogP contribution in [0.5, 0.6) is 0 Å². The van der Waals surface area contributed by atoms with Gasteiger partial charge in [0.2, 0.25) is 0 Å². The lowest BCUT2D eigenvalue weighted by molar-refractivity contribution is -0.122. The number of hydrogen-bond donors (Lipinski definition) is 2. The van der Waals surface area contributed by atoms with E-state index in [1.54, 1.807) is 11.1 Å². The van der Waals surface area contributed by atoms with E-state index in [1.165, 1.54) is 38.5 Å². The van der Waals surface area contributed by atoms with Gasteiger partial charge in [-0.05, 0) is 102 Å². The lowest BCUT2D eigenvalue weighted by atomic mass is 9.48. The maximum Gasteiger partial charge on any atom is 0.410 e. The third kappa shape index (κ3) is 5.47. The molecule has 5 rings (SSSR count). The second kappa shape index (κ2) is 9.19. The summed E-state index contributed by atoms with van der Waals surface area (Å²) in [6, 6.07) is 2.29. The molecule has 182 valence electrons. The predicted octanol–water partition coefficient (Wildman–Crippen LogP) is 4.10. The summed E-state index contributed by atoms with van der Waals surface area (Å²) >= 11 is 0. The van der Waals surface area contributed by atoms with E-state index in [9.17, 15) is 14.9 Å². The van der Waals surface area contributed by atoms with E-state index in [2.05, 4.69) is 23.6 Å². The van der Waals surface area contributed by atoms with Crippen LogP contribution in [0.25, 0.3) is 0 Å². The van der Waals surface area contributed by atoms with Crippen LogP contribution in [0.1, 0.15) is 79.1 Å². The number of nitrogens with zero attached hydrogens (tertiary/aromatic N) is 2. The first kappa shape index (κ1) is 23.9. The van der Waals surface area contributed by atoms with Crippen molar-refractivity contribution in [3.8, 4) is 6.07 Å². The topological polar surface area (TPSA) is 94.5 Å². The van der Waals surface area contributed by atoms with Crippen LogP contribution in [0.4, 0.5) is 4.79 Å². The zero-order chi connectivity index (χ0) is 23.8. The van der Waals surface area contributed by atoms with E-state index < -0.39 is 5.60 Å². The molecule has 0 aromatic rings. The summed E-state index contributed by atoms with van der Waals surface area (Å²) in [5, 5.41) is 16.0. The van der Waals surface area contributed by atoms with Gasteiger partial charge in [0.15, 0.2) is 0 Å². The molecule has 1 unspecified atom stereocenters. The molecule has 2 amide bonds. The third-order valence-electron chi connectivity index (χ3n) is 8.33. The van der Waals surface area contributed by atoms with Crippen LogP contribution in [-0.2, 0) is 9.53 Å². The van der Waals surface area contributed by atoms with Crippen LogP contribution in [0, 0.1) is 34.5 Å². The molecule has 33 heavy (non-hydrogen) atoms. The second-order valence-electron chi connectivity index (χ2n) is 12.1. The first-order valence-electron chi connectivity index (χ1n) is 12.7. The standard InChI is InChI=1S/C26H40N4O3/c1-17(26-12-18-9-19(13-26)11-20(10-18)14-26)29-23(31)21(15-27)16-28-22-5-7-30(8-6-22)24(32)33-25(2,3)4/h16-20,22,28H,5-14H2,1-4H3,(H,29,31)/b21-16-. The Balaban J connectivity index is 1.27. The van der Waals surface area contributed by atoms with Crippen LogP contribution in [0.15, 0.2) is 11.8 Å². The van der Waals surface area contributed by atoms with E-state index in [1.807, 2.05) is 20.8 Å². The average molecular weight is 457 g/mol. The molecule has 1 atom stereocenters. The Morgan fingerprint density at radius 2 is 1.64 bits per heavy atom. The van der Waals surface area contributed by atoms with Gasteiger partial charge in [0.1, 0.15) is 17.2 Å². The number of likely N-dealkylation sites (tertiary alicyclic amines) is 1. The molecule has 1 heterocycles. The normalized spacial score (nSPS) is 32.8. The van der Waals surface area contributed by atoms with Gasteiger partial charge >= 0.3 is 6.09 Å². The molecule has 1 saturated heterocycles. The number of nitrogens with one attached hydrogen (secondary N) is 2. The number of rotatable bonds is 5. The zero-order valence-electron chi connectivity index (χ0n) is 20.7. The lowest BCUT2D eigenvalue weighted by Crippen LogP contribution is -2.56. The molecule has 4 saturated carbocycles. The minimum absolute atomic E-state index is 0.0900. The molecule has 0 radical (unpaired) electrons. The summed E-state index contributed by atoms with van der Waals surface area (Å²) in [7, 11) is 0. The van der Waals surface area contributed by atoms with Crippen LogP contribution < -0.4 is 10.6 Å². The average Bonchev–Trinajstić information content (AvgIpc) is 2.72. The SMILES string of the molecule is CC(NC(=O)/C(C#N)=C\NC1CCN(C(=O)OC(C)(C)C)CC1)C12CC3CC(CC(C3)C1)C2. The molecule has 7 heteroatoms. The molecular formula is C26H40N4O3. The lowest BCUT2D eigenvalue weighted by Gasteiger charge is -2.59. The number of piperidine rings is 1. The zero-order valence-corrected chi connectivity index (χ0v) is 20.7. The van der Waals surface area contributed by atoms with Crippen molar-refractivity contribution in [2.24, 2.45) is 23.2 Å². The summed E-state index contributed by atoms with van der Waals surface area (Å²) in [4.78, 5) is 26.9. The van der Waals surface area contributed by atoms with Crippen molar-refractivity contribution in [3.05, 3.63) is 11.8 Å². The Morgan fingerprint density at radius 3 is 2.12 bits per heavy atom. The highest BCUT2D eigenvalue weighted by Crippen LogP contribution is 2.61. The fraction of sp³-hybridized carbons (Fsp3) is 0.808. The maximum atomic E-state index is 12.9. The van der Waals surface area contributed by atoms with Gasteiger partial charge in [-0.25, -0.2) is 4.79 Å². The molecule has 0 spiro atoms. The van der Waals surface area contributed by atoms with Crippen molar-refractivity contribution in [3.63, 3.8) is 0 Å². The van der Waals surface area contributed by atoms with E-state index in [0.717, 1.165) is 30.6 Å². The highest BCUT2D eigenvalue weighted by atomic mass is 16.6. The number of amides is 2. The Bertz CT molecular complexity index is 794. The molecule has 0 aromatic heterocycles. The third-order valence-corrected chi connectivity index (χ3v) is 8.33. The van der Waals surface area contributed by atoms with Gasteiger partial charge in [-0.3, -0.25) is 4.79 Å². The molecule has 0 aromatic carbocycles. The molecular weight excluding hydrogens is 416 g/mol. The van der Waals surface area contributed by atoms with Gasteiger partial charge in [-0.2, -0.15) is 5.26 Å². The molecule has 7 nitrogen and oxygen atoms in total. The van der Waals surface area contributed by atoms with Gasteiger partial charge in [0.25, 0.3) is 5.91 Å². The Labute approximate surface area is 198 Å². The van der Waals surface area contributed by atoms with Crippen molar-refractivity contribution in [2.45, 2.75) is 96.7 Å². The van der Waals surface area contributed by atoms with Crippen molar-refractivity contribution in [1.82, 2.24) is 15.5 Å². The second-order valence-corrected chi connectivity index (χ2v) is 12.1. The molecule has 1 aliphatic heterocycles. The molecule has 4 aliphatic carbocycles. The molecule has 2 N–H and O–H groups in total. The van der Waals surface area contributed by atoms with Crippen molar-refractivity contribution in [1.29, 1.82) is 5.26 Å². The van der Waals surface area contributed by atoms with Gasteiger partial charge in [0.05, 0.1) is 0 Å². The van der Waals surface area contributed by atoms with Crippen LogP contribution >= 0.6 is 0 Å². The first-order chi connectivity index (χ1) is 15.6. The summed E-state index contributed by atoms with van der Waals surface area (Å²) in [6.45, 7) is 8.92. The fourth-order valence-electron chi connectivity index (χ4n) is 7.04. The maximum absolute atomic E-state index is 12.9. The summed E-state index contributed by atoms with van der Waals surface area (Å²) in [5.41, 5.74) is -0.161. The highest BCUT2D eigenvalue weighted by molar-refractivity contribution is 5.97. The van der Waals surface area contributed by atoms with Crippen LogP contribution in [0.3, 0.4) is 0 Å². The minimum Gasteiger partial charge on any atom is -0.444 e. The van der Waals surface area contributed by atoms with Crippen molar-refractivity contribution < 1.29 is 14.3 Å². The van der Waals surface area contributed by atoms with E-state index in [-0.39, 0.29) is 35.1 Å². The monoisotopic (exact) mass is 456 g/mol. The van der Waals surface area contributed by atoms with Gasteiger partial charge in [-0.1, -0.05) is 0 Å². The summed E-state index contributed by atoms with van der Waals surface area (Å²) < 4.78 is 5.44. The Kier molecular flexibility index (Phi) is 6.66. The number of ether oxygens (including phenoxy) is 1. The molecule has 5 aliphatic rings. The number of carbonyl (C=O) groups is 2. The van der Waals surface area contributed by atoms with E-state index >= 15 is 0 Å². The van der Waals surface area contributed by atoms with Gasteiger partial charge in [-0.15, -0.1) is 0 Å². The minimum atomic E-state index is -0.503. The predicted molar refractivity (Wildman–Crippen MR) is 126 cm³/mol. The van der Waals surface area contributed by atoms with Crippen LogP contribution in [-0.4, -0.2) is 47.7 Å². The summed E-state index contributed by atoms with van der Waals surface area (Å²) in [6.07, 6.45) is 10.6. The molecule has 4 bridgehead atoms. The van der Waals surface area contributed by atoms with Crippen LogP contribution in [0.2, 0.25) is 0 Å². The highest BCUT2D eigenvalue weighted by Gasteiger charge is 2.53. The first-order valence-corrected chi connectivity index (χ1v) is 12.7. The smallest absolute Gasteiger partial charge is 0.410 e. The number of hydrogen-bond acceptors (Lipinski definition) is 5. The largest absolute Gasteiger partial charge is 0.444 e. The van der Waals surface area contributed by atoms with Crippen molar-refractivity contribution in [2.75, 3.05) is 13.1 Å². The van der Waals surface area contributed by atoms with Gasteiger partial charge < -0.3 is 20.3 Å². The molecule has 5 fully saturated rings. The number of carbonyl (C=O) groups excluding carboxylic acids is 2. The van der Waals surface area contributed by atoms with E-state index in [0.29, 0.717) is 13.1 Å². The quantitative estimate of drug-likeness (QED) is 0.480. The van der Waals surface area contributed by atoms with Crippen molar-refractivity contribution >= 4 is 12.0 Å². The van der Waals surface area contributed by atoms with E-state index in [4.69, 9.17) is 4.74 Å².